The van der Waals surface area contributed by atoms with Gasteiger partial charge < -0.3 is 53.8 Å². The zero-order valence-electron chi connectivity index (χ0n) is 32.1. The van der Waals surface area contributed by atoms with E-state index in [1.807, 2.05) is 0 Å². The van der Waals surface area contributed by atoms with Crippen molar-refractivity contribution in [3.05, 3.63) is 48.0 Å². The van der Waals surface area contributed by atoms with Crippen molar-refractivity contribution >= 4 is 59.1 Å². The quantitative estimate of drug-likeness (QED) is 0.0532. The highest BCUT2D eigenvalue weighted by atomic mass is 16.4. The lowest BCUT2D eigenvalue weighted by Crippen LogP contribution is -2.60. The van der Waals surface area contributed by atoms with Crippen LogP contribution in [-0.4, -0.2) is 108 Å². The Balaban J connectivity index is 1.96. The number of rotatable bonds is 22. The Morgan fingerprint density at radius 2 is 1.32 bits per heavy atom. The SMILES string of the molecule is CC(NC(=O)C(NC(=O)C(CC(N)=O)NC(=O)C=CC(=O)NCC(=O)NCC(=O)NC(Cc1ccccc1)C(=O)O)C1CCCCC1)C(=O)NC(C(N)=O)C(C)C. The molecule has 0 aliphatic heterocycles. The molecule has 1 aromatic rings. The molecule has 5 atom stereocenters. The summed E-state index contributed by atoms with van der Waals surface area (Å²) >= 11 is 0. The average Bonchev–Trinajstić information content (AvgIpc) is 3.15. The molecular weight excluding hydrogens is 746 g/mol. The van der Waals surface area contributed by atoms with Crippen molar-refractivity contribution < 1.29 is 53.1 Å². The predicted molar refractivity (Wildman–Crippen MR) is 203 cm³/mol. The summed E-state index contributed by atoms with van der Waals surface area (Å²) in [6, 6.07) is 2.47. The van der Waals surface area contributed by atoms with Gasteiger partial charge in [0.05, 0.1) is 19.5 Å². The van der Waals surface area contributed by atoms with E-state index in [-0.39, 0.29) is 18.3 Å². The van der Waals surface area contributed by atoms with Gasteiger partial charge >= 0.3 is 5.97 Å². The number of nitrogens with two attached hydrogens (primary N) is 2. The van der Waals surface area contributed by atoms with E-state index >= 15 is 0 Å². The van der Waals surface area contributed by atoms with Crippen LogP contribution in [0.25, 0.3) is 0 Å². The van der Waals surface area contributed by atoms with Crippen molar-refractivity contribution in [1.29, 1.82) is 0 Å². The predicted octanol–water partition coefficient (Wildman–Crippen LogP) is -2.86. The van der Waals surface area contributed by atoms with E-state index in [1.54, 1.807) is 44.2 Å². The third-order valence-electron chi connectivity index (χ3n) is 8.93. The van der Waals surface area contributed by atoms with Gasteiger partial charge in [0.15, 0.2) is 0 Å². The third kappa shape index (κ3) is 17.3. The minimum Gasteiger partial charge on any atom is -0.480 e. The smallest absolute Gasteiger partial charge is 0.326 e. The van der Waals surface area contributed by atoms with Crippen molar-refractivity contribution in [3.63, 3.8) is 0 Å². The maximum absolute atomic E-state index is 13.5. The van der Waals surface area contributed by atoms with Crippen molar-refractivity contribution in [2.75, 3.05) is 13.1 Å². The lowest BCUT2D eigenvalue weighted by molar-refractivity contribution is -0.141. The fourth-order valence-electron chi connectivity index (χ4n) is 5.88. The van der Waals surface area contributed by atoms with Gasteiger partial charge in [-0.2, -0.15) is 0 Å². The van der Waals surface area contributed by atoms with Crippen LogP contribution in [0.2, 0.25) is 0 Å². The van der Waals surface area contributed by atoms with Crippen molar-refractivity contribution in [2.45, 2.75) is 95.9 Å². The summed E-state index contributed by atoms with van der Waals surface area (Å²) < 4.78 is 0. The fourth-order valence-corrected chi connectivity index (χ4v) is 5.88. The fraction of sp³-hybridized carbons (Fsp3) is 0.514. The first-order valence-electron chi connectivity index (χ1n) is 18.5. The van der Waals surface area contributed by atoms with E-state index in [4.69, 9.17) is 11.5 Å². The number of carboxylic acid groups (broad SMARTS) is 1. The topological polar surface area (TPSA) is 327 Å². The molecule has 0 radical (unpaired) electrons. The molecule has 1 aliphatic rings. The van der Waals surface area contributed by atoms with E-state index in [2.05, 4.69) is 37.2 Å². The Labute approximate surface area is 329 Å². The van der Waals surface area contributed by atoms with Gasteiger partial charge in [-0.05, 0) is 37.2 Å². The van der Waals surface area contributed by atoms with Crippen LogP contribution >= 0.6 is 0 Å². The van der Waals surface area contributed by atoms with Crippen LogP contribution in [0.5, 0.6) is 0 Å². The summed E-state index contributed by atoms with van der Waals surface area (Å²) in [6.45, 7) is 3.56. The van der Waals surface area contributed by atoms with Gasteiger partial charge in [0.25, 0.3) is 0 Å². The minimum atomic E-state index is -1.57. The Bertz CT molecular complexity index is 1660. The first-order chi connectivity index (χ1) is 26.9. The summed E-state index contributed by atoms with van der Waals surface area (Å²) in [5.41, 5.74) is 11.4. The zero-order chi connectivity index (χ0) is 42.7. The Kier molecular flexibility index (Phi) is 19.3. The number of amides is 9. The monoisotopic (exact) mass is 799 g/mol. The molecule has 0 heterocycles. The van der Waals surface area contributed by atoms with Gasteiger partial charge in [-0.3, -0.25) is 43.2 Å². The second-order valence-electron chi connectivity index (χ2n) is 14.0. The second-order valence-corrected chi connectivity index (χ2v) is 14.0. The molecule has 9 amide bonds. The van der Waals surface area contributed by atoms with E-state index in [9.17, 15) is 53.1 Å². The number of primary amides is 2. The molecule has 1 aromatic carbocycles. The molecule has 0 spiro atoms. The summed E-state index contributed by atoms with van der Waals surface area (Å²) in [7, 11) is 0. The van der Waals surface area contributed by atoms with Gasteiger partial charge in [0.1, 0.15) is 30.2 Å². The van der Waals surface area contributed by atoms with Crippen LogP contribution in [0.1, 0.15) is 64.9 Å². The lowest BCUT2D eigenvalue weighted by atomic mass is 9.83. The molecule has 12 N–H and O–H groups in total. The first kappa shape index (κ1) is 46.8. The molecule has 20 heteroatoms. The summed E-state index contributed by atoms with van der Waals surface area (Å²) in [4.78, 5) is 124. The van der Waals surface area contributed by atoms with E-state index in [1.165, 1.54) is 6.92 Å². The van der Waals surface area contributed by atoms with Crippen LogP contribution in [0.4, 0.5) is 0 Å². The summed E-state index contributed by atoms with van der Waals surface area (Å²) in [5, 5.41) is 26.1. The number of carbonyl (C=O) groups is 10. The van der Waals surface area contributed by atoms with E-state index in [0.717, 1.165) is 31.4 Å². The molecule has 1 saturated carbocycles. The molecule has 0 bridgehead atoms. The molecule has 312 valence electrons. The summed E-state index contributed by atoms with van der Waals surface area (Å²) in [5.74, 6) is -9.51. The Hall–Kier alpha value is -6.34. The number of aliphatic carboxylic acids is 1. The van der Waals surface area contributed by atoms with Crippen LogP contribution in [0, 0.1) is 11.8 Å². The molecule has 0 saturated heterocycles. The Morgan fingerprint density at radius 1 is 0.702 bits per heavy atom. The van der Waals surface area contributed by atoms with E-state index < -0.39 is 109 Å². The highest BCUT2D eigenvalue weighted by Crippen LogP contribution is 2.27. The van der Waals surface area contributed by atoms with Crippen LogP contribution in [0.15, 0.2) is 42.5 Å². The van der Waals surface area contributed by atoms with Crippen molar-refractivity contribution in [3.8, 4) is 0 Å². The molecule has 2 rings (SSSR count). The number of nitrogens with one attached hydrogen (secondary N) is 7. The van der Waals surface area contributed by atoms with Crippen molar-refractivity contribution in [2.24, 2.45) is 23.3 Å². The average molecular weight is 800 g/mol. The van der Waals surface area contributed by atoms with Crippen LogP contribution in [-0.2, 0) is 54.4 Å². The van der Waals surface area contributed by atoms with Gasteiger partial charge in [-0.15, -0.1) is 0 Å². The second kappa shape index (κ2) is 23.6. The number of carboxylic acids is 1. The lowest BCUT2D eigenvalue weighted by Gasteiger charge is -2.32. The molecule has 0 aromatic heterocycles. The van der Waals surface area contributed by atoms with Gasteiger partial charge in [0.2, 0.25) is 53.2 Å². The third-order valence-corrected chi connectivity index (χ3v) is 8.93. The summed E-state index contributed by atoms with van der Waals surface area (Å²) in [6.07, 6.45) is 4.37. The molecule has 57 heavy (non-hydrogen) atoms. The minimum absolute atomic E-state index is 0.0133. The Morgan fingerprint density at radius 3 is 1.89 bits per heavy atom. The molecule has 5 unspecified atom stereocenters. The van der Waals surface area contributed by atoms with Crippen molar-refractivity contribution in [1.82, 2.24) is 37.2 Å². The number of benzene rings is 1. The molecule has 1 fully saturated rings. The van der Waals surface area contributed by atoms with Gasteiger partial charge in [-0.25, -0.2) is 4.79 Å². The van der Waals surface area contributed by atoms with E-state index in [0.29, 0.717) is 18.4 Å². The molecular formula is C37H53N9O11. The molecule has 20 nitrogen and oxygen atoms in total. The first-order valence-corrected chi connectivity index (χ1v) is 18.5. The molecule has 1 aliphatic carbocycles. The number of hydrogen-bond donors (Lipinski definition) is 10. The highest BCUT2D eigenvalue weighted by molar-refractivity contribution is 6.01. The standard InChI is InChI=1S/C37H53N9O11/c1-20(2)31(33(39)52)45-34(53)21(3)42-36(55)32(23-12-8-5-9-13-23)46-35(54)24(17-26(38)47)43-28(49)15-14-27(48)40-18-29(50)41-19-30(51)44-25(37(56)57)16-22-10-6-4-7-11-22/h4,6-7,10-11,14-15,20-21,23-25,31-32H,5,8-9,12-13,16-19H2,1-3H3,(H2,38,47)(H2,39,52)(H,40,48)(H,41,50)(H,42,55)(H,43,49)(H,44,51)(H,45,53)(H,46,54)(H,56,57). The largest absolute Gasteiger partial charge is 0.480 e. The highest BCUT2D eigenvalue weighted by Gasteiger charge is 2.35. The van der Waals surface area contributed by atoms with Gasteiger partial charge in [0, 0.05) is 18.6 Å². The number of hydrogen-bond acceptors (Lipinski definition) is 10. The zero-order valence-corrected chi connectivity index (χ0v) is 32.1. The normalized spacial score (nSPS) is 15.4. The maximum Gasteiger partial charge on any atom is 0.326 e. The number of carbonyl (C=O) groups excluding carboxylic acids is 9. The van der Waals surface area contributed by atoms with Crippen LogP contribution < -0.4 is 48.7 Å². The maximum atomic E-state index is 13.5. The van der Waals surface area contributed by atoms with Crippen LogP contribution in [0.3, 0.4) is 0 Å². The van der Waals surface area contributed by atoms with Gasteiger partial charge in [-0.1, -0.05) is 63.4 Å².